The Balaban J connectivity index is 2.20. The van der Waals surface area contributed by atoms with Gasteiger partial charge in [-0.3, -0.25) is 14.5 Å². The molecule has 0 bridgehead atoms. The van der Waals surface area contributed by atoms with E-state index in [1.807, 2.05) is 0 Å². The van der Waals surface area contributed by atoms with E-state index >= 15 is 0 Å². The Bertz CT molecular complexity index is 1290. The van der Waals surface area contributed by atoms with Crippen molar-refractivity contribution in [3.8, 4) is 6.07 Å². The summed E-state index contributed by atoms with van der Waals surface area (Å²) in [6, 6.07) is 5.17. The molecule has 1 N–H and O–H groups in total. The first kappa shape index (κ1) is 25.2. The number of anilines is 2. The highest BCUT2D eigenvalue weighted by Crippen LogP contribution is 2.39. The van der Waals surface area contributed by atoms with Gasteiger partial charge in [-0.1, -0.05) is 11.5 Å². The first-order chi connectivity index (χ1) is 15.7. The molecule has 0 aromatic heterocycles. The number of nitrogens with zero attached hydrogens (tertiary/aromatic N) is 3. The number of hydrogen-bond acceptors (Lipinski definition) is 4. The van der Waals surface area contributed by atoms with Gasteiger partial charge in [-0.15, -0.1) is 0 Å². The number of benzene rings is 2. The number of hydrogen-bond donors (Lipinski definition) is 1. The molecule has 1 fully saturated rings. The molecule has 1 saturated heterocycles. The molecule has 1 heterocycles. The largest absolute Gasteiger partial charge is 0.417 e. The van der Waals surface area contributed by atoms with Gasteiger partial charge >= 0.3 is 6.18 Å². The van der Waals surface area contributed by atoms with Crippen LogP contribution in [-0.2, 0) is 11.0 Å². The lowest BCUT2D eigenvalue weighted by atomic mass is 9.80. The van der Waals surface area contributed by atoms with Crippen LogP contribution in [0.2, 0.25) is 0 Å². The second-order valence-corrected chi connectivity index (χ2v) is 8.19. The van der Waals surface area contributed by atoms with Crippen LogP contribution < -0.4 is 26.0 Å². The van der Waals surface area contributed by atoms with Crippen LogP contribution in [0.4, 0.5) is 28.9 Å². The van der Waals surface area contributed by atoms with Gasteiger partial charge in [0.25, 0.3) is 11.8 Å². The van der Waals surface area contributed by atoms with Crippen LogP contribution >= 0.6 is 12.2 Å². The lowest BCUT2D eigenvalue weighted by molar-refractivity contribution is -0.137. The third kappa shape index (κ3) is 3.81. The molecule has 0 aliphatic carbocycles. The summed E-state index contributed by atoms with van der Waals surface area (Å²) in [4.78, 5) is 27.2. The van der Waals surface area contributed by atoms with E-state index in [1.54, 1.807) is 0 Å². The maximum atomic E-state index is 14.9. The summed E-state index contributed by atoms with van der Waals surface area (Å²) in [6.07, 6.45) is -4.87. The average Bonchev–Trinajstić information content (AvgIpc) is 2.94. The van der Waals surface area contributed by atoms with E-state index in [2.05, 4.69) is 5.32 Å². The van der Waals surface area contributed by atoms with Gasteiger partial charge < -0.3 is 10.2 Å². The van der Waals surface area contributed by atoms with Crippen molar-refractivity contribution in [1.29, 1.82) is 5.26 Å². The van der Waals surface area contributed by atoms with Crippen LogP contribution in [0.1, 0.15) is 35.3 Å². The number of alkyl halides is 3. The molecule has 4 radical (unpaired) electrons. The molecule has 3 rings (SSSR count). The van der Waals surface area contributed by atoms with Gasteiger partial charge in [0.15, 0.2) is 5.11 Å². The molecule has 6 nitrogen and oxygen atoms in total. The number of nitrogens with one attached hydrogen (secondary N) is 1. The normalized spacial score (nSPS) is 15.5. The third-order valence-corrected chi connectivity index (χ3v) is 5.72. The molecule has 2 amide bonds. The van der Waals surface area contributed by atoms with Gasteiger partial charge in [-0.05, 0) is 49.7 Å². The van der Waals surface area contributed by atoms with Crippen LogP contribution in [0, 0.1) is 17.1 Å². The predicted molar refractivity (Wildman–Crippen MR) is 123 cm³/mol. The molecule has 0 atom stereocenters. The highest BCUT2D eigenvalue weighted by Gasteiger charge is 2.51. The fourth-order valence-corrected chi connectivity index (χ4v) is 4.15. The molecule has 2 aromatic rings. The highest BCUT2D eigenvalue weighted by atomic mass is 32.1. The van der Waals surface area contributed by atoms with Crippen molar-refractivity contribution in [2.24, 2.45) is 0 Å². The van der Waals surface area contributed by atoms with E-state index in [1.165, 1.54) is 27.0 Å². The molecule has 0 unspecified atom stereocenters. The average molecular weight is 484 g/mol. The van der Waals surface area contributed by atoms with Crippen molar-refractivity contribution in [2.75, 3.05) is 16.8 Å². The van der Waals surface area contributed by atoms with Crippen LogP contribution in [0.25, 0.3) is 0 Å². The minimum Gasteiger partial charge on any atom is -0.355 e. The summed E-state index contributed by atoms with van der Waals surface area (Å²) >= 11 is 5.39. The van der Waals surface area contributed by atoms with Crippen LogP contribution in [0.3, 0.4) is 0 Å². The van der Waals surface area contributed by atoms with Gasteiger partial charge in [0.1, 0.15) is 27.0 Å². The molecule has 170 valence electrons. The third-order valence-electron chi connectivity index (χ3n) is 5.35. The van der Waals surface area contributed by atoms with Crippen molar-refractivity contribution in [1.82, 2.24) is 5.32 Å². The number of rotatable bonds is 3. The molecule has 2 aromatic carbocycles. The number of halogens is 4. The Kier molecular flexibility index (Phi) is 6.26. The van der Waals surface area contributed by atoms with Gasteiger partial charge in [-0.25, -0.2) is 4.39 Å². The Morgan fingerprint density at radius 3 is 2.38 bits per heavy atom. The molecule has 1 aliphatic heterocycles. The van der Waals surface area contributed by atoms with Gasteiger partial charge in [0.2, 0.25) is 0 Å². The first-order valence-electron chi connectivity index (χ1n) is 9.58. The van der Waals surface area contributed by atoms with E-state index in [0.29, 0.717) is 6.07 Å². The zero-order chi connectivity index (χ0) is 25.7. The number of carbonyl (C=O) groups is 2. The predicted octanol–water partition coefficient (Wildman–Crippen LogP) is 1.58. The lowest BCUT2D eigenvalue weighted by Crippen LogP contribution is -2.49. The fraction of sp³-hybridized carbons (Fsp3) is 0.238. The van der Waals surface area contributed by atoms with E-state index in [0.717, 1.165) is 28.0 Å². The molecular formula is C21H14B2F4N4O2S. The Hall–Kier alpha value is -3.39. The van der Waals surface area contributed by atoms with Crippen molar-refractivity contribution < 1.29 is 27.2 Å². The van der Waals surface area contributed by atoms with Crippen molar-refractivity contribution in [2.45, 2.75) is 25.6 Å². The second-order valence-electron chi connectivity index (χ2n) is 7.83. The number of thiocarbonyl (C=S) groups is 1. The number of carbonyl (C=O) groups excluding carboxylic acids is 2. The Morgan fingerprint density at radius 1 is 1.24 bits per heavy atom. The lowest BCUT2D eigenvalue weighted by Gasteiger charge is -2.33. The van der Waals surface area contributed by atoms with Crippen LogP contribution in [-0.4, -0.2) is 45.2 Å². The molecule has 0 saturated carbocycles. The van der Waals surface area contributed by atoms with Crippen molar-refractivity contribution in [3.05, 3.63) is 46.8 Å². The summed E-state index contributed by atoms with van der Waals surface area (Å²) in [6.45, 7) is 2.80. The van der Waals surface area contributed by atoms with E-state index < -0.39 is 51.5 Å². The maximum Gasteiger partial charge on any atom is 0.417 e. The van der Waals surface area contributed by atoms with Gasteiger partial charge in [0, 0.05) is 12.7 Å². The molecule has 34 heavy (non-hydrogen) atoms. The second kappa shape index (κ2) is 8.43. The first-order valence-corrected chi connectivity index (χ1v) is 9.98. The Morgan fingerprint density at radius 2 is 1.85 bits per heavy atom. The molecule has 0 spiro atoms. The summed E-state index contributed by atoms with van der Waals surface area (Å²) < 4.78 is 55.3. The zero-order valence-electron chi connectivity index (χ0n) is 18.0. The zero-order valence-corrected chi connectivity index (χ0v) is 18.9. The molecular weight excluding hydrogens is 470 g/mol. The van der Waals surface area contributed by atoms with Crippen LogP contribution in [0.5, 0.6) is 0 Å². The topological polar surface area (TPSA) is 76.4 Å². The standard InChI is InChI=1S/C21H14B2F4N4O2S/c1-20(2)18(33)30(10-5-4-9(8-28)12(6-10)21(25,26)27)19(34)31(20)16-13(22)7-11(17(32)29-3)15(24)14(16)23/h4-7H,1-3H3,(H,29,32). The van der Waals surface area contributed by atoms with Gasteiger partial charge in [-0.2, -0.15) is 18.4 Å². The van der Waals surface area contributed by atoms with Crippen molar-refractivity contribution >= 4 is 67.1 Å². The van der Waals surface area contributed by atoms with Crippen LogP contribution in [0.15, 0.2) is 24.3 Å². The minimum atomic E-state index is -4.87. The SMILES string of the molecule is [B]c1cc(C(=O)NC)c(F)c([B])c1N1C(=S)N(c2ccc(C#N)c(C(F)(F)F)c2)C(=O)C1(C)C. The minimum absolute atomic E-state index is 0.182. The maximum absolute atomic E-state index is 14.9. The quantitative estimate of drug-likeness (QED) is 0.407. The fourth-order valence-electron chi connectivity index (χ4n) is 3.64. The van der Waals surface area contributed by atoms with E-state index in [-0.39, 0.29) is 22.0 Å². The molecule has 1 aliphatic rings. The Labute approximate surface area is 200 Å². The molecule has 13 heteroatoms. The summed E-state index contributed by atoms with van der Waals surface area (Å²) in [5.74, 6) is -2.64. The summed E-state index contributed by atoms with van der Waals surface area (Å²) in [5.41, 5.74) is -5.08. The monoisotopic (exact) mass is 484 g/mol. The van der Waals surface area contributed by atoms with Crippen molar-refractivity contribution in [3.63, 3.8) is 0 Å². The summed E-state index contributed by atoms with van der Waals surface area (Å²) in [7, 11) is 13.3. The smallest absolute Gasteiger partial charge is 0.355 e. The van der Waals surface area contributed by atoms with E-state index in [9.17, 15) is 27.2 Å². The van der Waals surface area contributed by atoms with Gasteiger partial charge in [0.05, 0.1) is 28.4 Å². The number of nitriles is 1. The number of amides is 2. The van der Waals surface area contributed by atoms with E-state index in [4.69, 9.17) is 33.2 Å². The summed E-state index contributed by atoms with van der Waals surface area (Å²) in [5, 5.41) is 11.0. The highest BCUT2D eigenvalue weighted by molar-refractivity contribution is 7.81.